The van der Waals surface area contributed by atoms with Gasteiger partial charge in [0.25, 0.3) is 0 Å². The number of aromatic nitrogens is 2. The van der Waals surface area contributed by atoms with Crippen LogP contribution in [-0.4, -0.2) is 15.8 Å². The first-order valence-electron chi connectivity index (χ1n) is 7.79. The molecule has 2 rings (SSSR count). The lowest BCUT2D eigenvalue weighted by atomic mass is 9.71. The van der Waals surface area contributed by atoms with Crippen LogP contribution in [-0.2, 0) is 13.5 Å². The molecule has 1 aromatic rings. The van der Waals surface area contributed by atoms with Crippen LogP contribution in [0.4, 0.5) is 0 Å². The maximum atomic E-state index is 6.68. The Hall–Kier alpha value is -0.350. The minimum absolute atomic E-state index is 0.235. The first-order chi connectivity index (χ1) is 9.35. The highest BCUT2D eigenvalue weighted by Gasteiger charge is 2.40. The van der Waals surface area contributed by atoms with Crippen molar-refractivity contribution in [1.29, 1.82) is 0 Å². The predicted octanol–water partition coefficient (Wildman–Crippen LogP) is 3.97. The summed E-state index contributed by atoms with van der Waals surface area (Å²) in [6.45, 7) is 6.67. The molecule has 2 N–H and O–H groups in total. The minimum Gasteiger partial charge on any atom is -0.327 e. The smallest absolute Gasteiger partial charge is 0.0738 e. The number of nitrogens with two attached hydrogens (primary N) is 1. The van der Waals surface area contributed by atoms with Gasteiger partial charge in [-0.2, -0.15) is 5.10 Å². The lowest BCUT2D eigenvalue weighted by molar-refractivity contribution is 0.180. The number of hydrogen-bond donors (Lipinski definition) is 1. The molecule has 1 aliphatic rings. The zero-order valence-electron chi connectivity index (χ0n) is 13.2. The number of hydrogen-bond acceptors (Lipinski definition) is 2. The normalized spacial score (nSPS) is 19.8. The summed E-state index contributed by atoms with van der Waals surface area (Å²) in [6.07, 6.45) is 7.44. The average Bonchev–Trinajstić information content (AvgIpc) is 2.90. The topological polar surface area (TPSA) is 43.8 Å². The Morgan fingerprint density at radius 3 is 2.40 bits per heavy atom. The molecule has 114 valence electrons. The maximum Gasteiger partial charge on any atom is 0.0738 e. The third-order valence-corrected chi connectivity index (χ3v) is 5.91. The zero-order chi connectivity index (χ0) is 14.9. The number of nitrogens with zero attached hydrogens (tertiary/aromatic N) is 2. The summed E-state index contributed by atoms with van der Waals surface area (Å²) in [7, 11) is 2.02. The maximum absolute atomic E-state index is 6.68. The molecule has 0 aromatic carbocycles. The van der Waals surface area contributed by atoms with E-state index in [9.17, 15) is 0 Å². The Morgan fingerprint density at radius 2 is 1.95 bits per heavy atom. The molecule has 1 heterocycles. The van der Waals surface area contributed by atoms with Gasteiger partial charge < -0.3 is 5.73 Å². The van der Waals surface area contributed by atoms with Gasteiger partial charge in [0, 0.05) is 19.5 Å². The monoisotopic (exact) mass is 341 g/mol. The van der Waals surface area contributed by atoms with Gasteiger partial charge >= 0.3 is 0 Å². The Balaban J connectivity index is 2.18. The van der Waals surface area contributed by atoms with Gasteiger partial charge in [0.2, 0.25) is 0 Å². The van der Waals surface area contributed by atoms with Crippen LogP contribution in [0.25, 0.3) is 0 Å². The minimum atomic E-state index is 0.235. The molecule has 1 aliphatic carbocycles. The van der Waals surface area contributed by atoms with Crippen LogP contribution in [0.5, 0.6) is 0 Å². The molecule has 1 fully saturated rings. The molecule has 0 aliphatic heterocycles. The predicted molar refractivity (Wildman–Crippen MR) is 87.7 cm³/mol. The number of aryl methyl sites for hydroxylation is 2. The van der Waals surface area contributed by atoms with Crippen molar-refractivity contribution < 1.29 is 0 Å². The fourth-order valence-corrected chi connectivity index (χ4v) is 4.44. The lowest BCUT2D eigenvalue weighted by Gasteiger charge is -2.37. The van der Waals surface area contributed by atoms with Gasteiger partial charge in [-0.15, -0.1) is 0 Å². The first-order valence-corrected chi connectivity index (χ1v) is 8.58. The van der Waals surface area contributed by atoms with Crippen LogP contribution in [0.15, 0.2) is 4.47 Å². The van der Waals surface area contributed by atoms with Crippen molar-refractivity contribution in [1.82, 2.24) is 9.78 Å². The number of rotatable bonds is 5. The Labute approximate surface area is 131 Å². The summed E-state index contributed by atoms with van der Waals surface area (Å²) in [5.41, 5.74) is 9.31. The molecule has 0 spiro atoms. The Morgan fingerprint density at radius 1 is 1.35 bits per heavy atom. The summed E-state index contributed by atoms with van der Waals surface area (Å²) < 4.78 is 3.12. The van der Waals surface area contributed by atoms with E-state index in [4.69, 9.17) is 5.73 Å². The highest BCUT2D eigenvalue weighted by Crippen LogP contribution is 2.46. The summed E-state index contributed by atoms with van der Waals surface area (Å²) in [5, 5.41) is 4.49. The molecule has 3 nitrogen and oxygen atoms in total. The molecule has 0 saturated heterocycles. The van der Waals surface area contributed by atoms with E-state index in [1.807, 2.05) is 18.7 Å². The molecular weight excluding hydrogens is 314 g/mol. The summed E-state index contributed by atoms with van der Waals surface area (Å²) in [6, 6.07) is 0.235. The van der Waals surface area contributed by atoms with Crippen molar-refractivity contribution in [3.05, 3.63) is 15.9 Å². The van der Waals surface area contributed by atoms with E-state index in [1.54, 1.807) is 0 Å². The Kier molecular flexibility index (Phi) is 4.96. The summed E-state index contributed by atoms with van der Waals surface area (Å²) in [5.74, 6) is 0.718. The highest BCUT2D eigenvalue weighted by atomic mass is 79.9. The van der Waals surface area contributed by atoms with Crippen molar-refractivity contribution in [2.75, 3.05) is 0 Å². The van der Waals surface area contributed by atoms with Gasteiger partial charge in [0.1, 0.15) is 0 Å². The molecule has 0 radical (unpaired) electrons. The number of halogens is 1. The third-order valence-electron chi connectivity index (χ3n) is 4.88. The largest absolute Gasteiger partial charge is 0.327 e. The third kappa shape index (κ3) is 3.11. The van der Waals surface area contributed by atoms with E-state index in [1.165, 1.54) is 37.8 Å². The van der Waals surface area contributed by atoms with Crippen LogP contribution in [0, 0.1) is 18.3 Å². The summed E-state index contributed by atoms with van der Waals surface area (Å²) in [4.78, 5) is 0. The molecule has 4 heteroatoms. The fraction of sp³-hybridized carbons (Fsp3) is 0.812. The zero-order valence-corrected chi connectivity index (χ0v) is 14.8. The van der Waals surface area contributed by atoms with Gasteiger partial charge in [-0.05, 0) is 53.4 Å². The molecule has 1 saturated carbocycles. The second-order valence-electron chi connectivity index (χ2n) is 6.95. The fourth-order valence-electron chi connectivity index (χ4n) is 3.95. The van der Waals surface area contributed by atoms with Crippen LogP contribution < -0.4 is 5.73 Å². The standard InChI is InChI=1S/C16H28BrN3/c1-11(2)10-16(7-5-6-8-16)14(18)9-13-15(17)12(3)19-20(13)4/h11,14H,5-10,18H2,1-4H3. The van der Waals surface area contributed by atoms with E-state index in [-0.39, 0.29) is 6.04 Å². The van der Waals surface area contributed by atoms with Crippen molar-refractivity contribution in [2.24, 2.45) is 24.1 Å². The van der Waals surface area contributed by atoms with E-state index >= 15 is 0 Å². The molecule has 0 amide bonds. The first kappa shape index (κ1) is 16.0. The molecule has 20 heavy (non-hydrogen) atoms. The SMILES string of the molecule is Cc1nn(C)c(CC(N)C2(CC(C)C)CCCC2)c1Br. The van der Waals surface area contributed by atoms with Crippen LogP contribution in [0.3, 0.4) is 0 Å². The Bertz CT molecular complexity index is 459. The molecule has 0 bridgehead atoms. The van der Waals surface area contributed by atoms with E-state index < -0.39 is 0 Å². The van der Waals surface area contributed by atoms with Crippen molar-refractivity contribution in [2.45, 2.75) is 65.3 Å². The second kappa shape index (κ2) is 6.18. The lowest BCUT2D eigenvalue weighted by Crippen LogP contribution is -2.42. The van der Waals surface area contributed by atoms with Gasteiger partial charge in [-0.25, -0.2) is 0 Å². The van der Waals surface area contributed by atoms with Crippen molar-refractivity contribution >= 4 is 15.9 Å². The van der Waals surface area contributed by atoms with Crippen LogP contribution in [0.1, 0.15) is 57.3 Å². The molecule has 1 aromatic heterocycles. The van der Waals surface area contributed by atoms with Gasteiger partial charge in [0.05, 0.1) is 15.9 Å². The van der Waals surface area contributed by atoms with Crippen molar-refractivity contribution in [3.8, 4) is 0 Å². The molecular formula is C16H28BrN3. The van der Waals surface area contributed by atoms with E-state index in [0.717, 1.165) is 22.5 Å². The van der Waals surface area contributed by atoms with Gasteiger partial charge in [0.15, 0.2) is 0 Å². The van der Waals surface area contributed by atoms with Crippen LogP contribution >= 0.6 is 15.9 Å². The molecule has 1 unspecified atom stereocenters. The van der Waals surface area contributed by atoms with E-state index in [0.29, 0.717) is 5.41 Å². The summed E-state index contributed by atoms with van der Waals surface area (Å²) >= 11 is 3.67. The molecule has 1 atom stereocenters. The van der Waals surface area contributed by atoms with Gasteiger partial charge in [-0.1, -0.05) is 26.7 Å². The average molecular weight is 342 g/mol. The van der Waals surface area contributed by atoms with E-state index in [2.05, 4.69) is 34.9 Å². The second-order valence-corrected chi connectivity index (χ2v) is 7.74. The quantitative estimate of drug-likeness (QED) is 0.880. The van der Waals surface area contributed by atoms with Crippen molar-refractivity contribution in [3.63, 3.8) is 0 Å². The van der Waals surface area contributed by atoms with Crippen LogP contribution in [0.2, 0.25) is 0 Å². The highest BCUT2D eigenvalue weighted by molar-refractivity contribution is 9.10. The van der Waals surface area contributed by atoms with Gasteiger partial charge in [-0.3, -0.25) is 4.68 Å².